The van der Waals surface area contributed by atoms with Crippen molar-refractivity contribution in [3.8, 4) is 29.9 Å². The molecule has 0 aliphatic carbocycles. The molecule has 0 radical (unpaired) electrons. The lowest BCUT2D eigenvalue weighted by Gasteiger charge is -2.33. The van der Waals surface area contributed by atoms with Crippen LogP contribution in [-0.2, 0) is 11.2 Å². The van der Waals surface area contributed by atoms with Gasteiger partial charge in [0.25, 0.3) is 0 Å². The minimum atomic E-state index is -0.943. The number of phenolic OH excluding ortho intramolecular Hbond substituents is 1. The highest BCUT2D eigenvalue weighted by Gasteiger charge is 2.41. The van der Waals surface area contributed by atoms with Crippen molar-refractivity contribution in [3.63, 3.8) is 0 Å². The molecule has 2 fully saturated rings. The van der Waals surface area contributed by atoms with Gasteiger partial charge in [0.15, 0.2) is 11.6 Å². The van der Waals surface area contributed by atoms with Crippen molar-refractivity contribution >= 4 is 22.5 Å². The van der Waals surface area contributed by atoms with E-state index in [-0.39, 0.29) is 48.4 Å². The number of halogens is 2. The van der Waals surface area contributed by atoms with Gasteiger partial charge < -0.3 is 24.4 Å². The standard InChI is InChI=1S/C35H39F2N5O4/c1-6-26-28(37)11-10-21-13-25(43)15-27(31(21)26)22-14-29-32(45-19-22)33(40(4)18-24-9-8-12-42(24)30(44)7-2)39-34(38-29)46-20-35(3)16-23(36)17-41(35)5/h1,7,10-11,13,15,22-24,43H,2,8-9,12,14,16-20H2,3-5H3/t22-,23+,24-,35-/m0/s1. The van der Waals surface area contributed by atoms with Crippen molar-refractivity contribution in [3.05, 3.63) is 59.6 Å². The van der Waals surface area contributed by atoms with Gasteiger partial charge in [-0.3, -0.25) is 9.69 Å². The van der Waals surface area contributed by atoms with Crippen LogP contribution in [-0.4, -0.2) is 95.5 Å². The van der Waals surface area contributed by atoms with E-state index in [2.05, 4.69) is 12.5 Å². The lowest BCUT2D eigenvalue weighted by atomic mass is 9.87. The second-order valence-corrected chi connectivity index (χ2v) is 12.9. The number of carbonyl (C=O) groups excluding carboxylic acids is 1. The summed E-state index contributed by atoms with van der Waals surface area (Å²) in [7, 11) is 3.76. The van der Waals surface area contributed by atoms with Gasteiger partial charge in [-0.25, -0.2) is 8.78 Å². The van der Waals surface area contributed by atoms with Crippen molar-refractivity contribution in [2.24, 2.45) is 0 Å². The smallest absolute Gasteiger partial charge is 0.318 e. The average Bonchev–Trinajstić information content (AvgIpc) is 3.60. The van der Waals surface area contributed by atoms with Crippen LogP contribution in [0, 0.1) is 18.2 Å². The van der Waals surface area contributed by atoms with E-state index in [0.717, 1.165) is 12.8 Å². The molecule has 9 nitrogen and oxygen atoms in total. The fraction of sp³-hybridized carbons (Fsp3) is 0.457. The highest BCUT2D eigenvalue weighted by atomic mass is 19.1. The molecule has 4 atom stereocenters. The van der Waals surface area contributed by atoms with Gasteiger partial charge in [0.05, 0.1) is 23.4 Å². The van der Waals surface area contributed by atoms with Gasteiger partial charge in [-0.1, -0.05) is 18.6 Å². The monoisotopic (exact) mass is 631 g/mol. The lowest BCUT2D eigenvalue weighted by molar-refractivity contribution is -0.126. The van der Waals surface area contributed by atoms with Gasteiger partial charge in [0, 0.05) is 56.9 Å². The highest BCUT2D eigenvalue weighted by Crippen LogP contribution is 2.42. The van der Waals surface area contributed by atoms with Crippen molar-refractivity contribution in [2.45, 2.75) is 56.3 Å². The minimum Gasteiger partial charge on any atom is -0.508 e. The van der Waals surface area contributed by atoms with Crippen molar-refractivity contribution in [2.75, 3.05) is 51.8 Å². The van der Waals surface area contributed by atoms with Crippen LogP contribution in [0.15, 0.2) is 36.9 Å². The van der Waals surface area contributed by atoms with Crippen molar-refractivity contribution < 1.29 is 28.2 Å². The fourth-order valence-corrected chi connectivity index (χ4v) is 7.11. The van der Waals surface area contributed by atoms with Crippen LogP contribution in [0.5, 0.6) is 17.5 Å². The summed E-state index contributed by atoms with van der Waals surface area (Å²) in [5, 5.41) is 11.8. The predicted octanol–water partition coefficient (Wildman–Crippen LogP) is 4.60. The number of hydrogen-bond acceptors (Lipinski definition) is 8. The Morgan fingerprint density at radius 1 is 1.37 bits per heavy atom. The van der Waals surface area contributed by atoms with Gasteiger partial charge in [-0.15, -0.1) is 6.42 Å². The molecule has 2 saturated heterocycles. The number of fused-ring (bicyclic) bond motifs is 2. The van der Waals surface area contributed by atoms with Crippen LogP contribution in [0.25, 0.3) is 10.8 Å². The SMILES string of the molecule is C#Cc1c(F)ccc2cc(O)cc([C@@H]3COc4c(nc(OC[C@]5(C)C[C@@H](F)CN5C)nc4N(C)C[C@@H]4CCCN4C(=O)C=C)C3)c12. The van der Waals surface area contributed by atoms with E-state index in [4.69, 9.17) is 25.9 Å². The third-order valence-corrected chi connectivity index (χ3v) is 9.68. The number of alkyl halides is 1. The number of benzene rings is 2. The summed E-state index contributed by atoms with van der Waals surface area (Å²) in [6.45, 7) is 7.49. The highest BCUT2D eigenvalue weighted by molar-refractivity contribution is 5.93. The molecule has 3 aliphatic heterocycles. The van der Waals surface area contributed by atoms with Crippen LogP contribution in [0.3, 0.4) is 0 Å². The topological polar surface area (TPSA) is 91.3 Å². The van der Waals surface area contributed by atoms with E-state index in [1.54, 1.807) is 18.2 Å². The van der Waals surface area contributed by atoms with Crippen LogP contribution in [0.1, 0.15) is 48.9 Å². The number of nitrogens with zero attached hydrogens (tertiary/aromatic N) is 5. The van der Waals surface area contributed by atoms with Crippen LogP contribution >= 0.6 is 0 Å². The van der Waals surface area contributed by atoms with E-state index < -0.39 is 17.5 Å². The summed E-state index contributed by atoms with van der Waals surface area (Å²) in [4.78, 5) is 27.8. The predicted molar refractivity (Wildman–Crippen MR) is 172 cm³/mol. The first-order valence-electron chi connectivity index (χ1n) is 15.6. The largest absolute Gasteiger partial charge is 0.508 e. The Morgan fingerprint density at radius 3 is 2.89 bits per heavy atom. The quantitative estimate of drug-likeness (QED) is 0.285. The number of aromatic nitrogens is 2. The van der Waals surface area contributed by atoms with Crippen LogP contribution in [0.4, 0.5) is 14.6 Å². The molecule has 6 rings (SSSR count). The second-order valence-electron chi connectivity index (χ2n) is 12.9. The van der Waals surface area contributed by atoms with E-state index >= 15 is 0 Å². The number of rotatable bonds is 8. The molecule has 1 aromatic heterocycles. The zero-order valence-corrected chi connectivity index (χ0v) is 26.4. The normalized spacial score (nSPS) is 24.3. The second kappa shape index (κ2) is 12.4. The molecule has 4 heterocycles. The molecule has 0 bridgehead atoms. The molecule has 1 N–H and O–H groups in total. The Morgan fingerprint density at radius 2 is 2.17 bits per heavy atom. The molecule has 3 aromatic rings. The number of carbonyl (C=O) groups is 1. The summed E-state index contributed by atoms with van der Waals surface area (Å²) < 4.78 is 41.7. The number of likely N-dealkylation sites (tertiary alicyclic amines) is 2. The molecule has 46 heavy (non-hydrogen) atoms. The van der Waals surface area contributed by atoms with Crippen molar-refractivity contribution in [1.82, 2.24) is 19.8 Å². The van der Waals surface area contributed by atoms with Gasteiger partial charge in [-0.2, -0.15) is 9.97 Å². The zero-order chi connectivity index (χ0) is 32.7. The number of aromatic hydroxyl groups is 1. The number of anilines is 1. The molecule has 0 spiro atoms. The van der Waals surface area contributed by atoms with Gasteiger partial charge in [-0.05, 0) is 62.0 Å². The van der Waals surface area contributed by atoms with Gasteiger partial charge in [0.2, 0.25) is 5.91 Å². The maximum absolute atomic E-state index is 14.8. The van der Waals surface area contributed by atoms with Gasteiger partial charge >= 0.3 is 6.01 Å². The van der Waals surface area contributed by atoms with E-state index in [9.17, 15) is 18.7 Å². The Kier molecular flexibility index (Phi) is 8.51. The summed E-state index contributed by atoms with van der Waals surface area (Å²) in [6, 6.07) is 6.15. The number of likely N-dealkylation sites (N-methyl/N-ethyl adjacent to an activating group) is 2. The Hall–Kier alpha value is -4.43. The van der Waals surface area contributed by atoms with Gasteiger partial charge in [0.1, 0.15) is 24.3 Å². The van der Waals surface area contributed by atoms with Crippen molar-refractivity contribution in [1.29, 1.82) is 0 Å². The summed E-state index contributed by atoms with van der Waals surface area (Å²) in [5.74, 6) is 2.57. The first-order valence-corrected chi connectivity index (χ1v) is 15.6. The summed E-state index contributed by atoms with van der Waals surface area (Å²) >= 11 is 0. The average molecular weight is 632 g/mol. The zero-order valence-electron chi connectivity index (χ0n) is 26.4. The Labute approximate surface area is 267 Å². The van der Waals surface area contributed by atoms with E-state index in [0.29, 0.717) is 66.1 Å². The van der Waals surface area contributed by atoms with E-state index in [1.807, 2.05) is 35.7 Å². The first-order chi connectivity index (χ1) is 22.0. The molecule has 0 saturated carbocycles. The summed E-state index contributed by atoms with van der Waals surface area (Å²) in [6.07, 6.45) is 8.58. The van der Waals surface area contributed by atoms with Crippen LogP contribution in [0.2, 0.25) is 0 Å². The van der Waals surface area contributed by atoms with E-state index in [1.165, 1.54) is 12.1 Å². The number of amides is 1. The third kappa shape index (κ3) is 5.82. The maximum Gasteiger partial charge on any atom is 0.318 e. The molecule has 11 heteroatoms. The molecule has 1 amide bonds. The fourth-order valence-electron chi connectivity index (χ4n) is 7.11. The Balaban J connectivity index is 1.36. The molecular formula is C35H39F2N5O4. The lowest BCUT2D eigenvalue weighted by Crippen LogP contribution is -2.43. The molecular weight excluding hydrogens is 592 g/mol. The number of phenols is 1. The number of hydrogen-bond donors (Lipinski definition) is 1. The minimum absolute atomic E-state index is 0.0327. The molecule has 242 valence electrons. The summed E-state index contributed by atoms with van der Waals surface area (Å²) in [5.41, 5.74) is 0.829. The van der Waals surface area contributed by atoms with Crippen LogP contribution < -0.4 is 14.4 Å². The Bertz CT molecular complexity index is 1730. The molecule has 3 aliphatic rings. The third-order valence-electron chi connectivity index (χ3n) is 9.68. The number of terminal acetylenes is 1. The number of ether oxygens (including phenoxy) is 2. The maximum atomic E-state index is 14.8. The molecule has 2 aromatic carbocycles. The molecule has 0 unspecified atom stereocenters. The first kappa shape index (κ1) is 31.5.